The molecule has 6 aromatic rings. The Balaban J connectivity index is 1.19. The van der Waals surface area contributed by atoms with Crippen LogP contribution in [0, 0.1) is 0 Å². The molecule has 0 aliphatic heterocycles. The van der Waals surface area contributed by atoms with E-state index in [1.807, 2.05) is 72.8 Å². The van der Waals surface area contributed by atoms with Crippen molar-refractivity contribution in [3.63, 3.8) is 0 Å². The largest absolute Gasteiger partial charge is 0.493 e. The molecule has 3 aromatic carbocycles. The fourth-order valence-electron chi connectivity index (χ4n) is 4.86. The average molecular weight is 596 g/mol. The minimum absolute atomic E-state index is 0.280. The van der Waals surface area contributed by atoms with Gasteiger partial charge in [0.05, 0.1) is 35.1 Å². The number of carbonyl (C=O) groups is 2. The van der Waals surface area contributed by atoms with Crippen molar-refractivity contribution in [2.24, 2.45) is 0 Å². The fourth-order valence-corrected chi connectivity index (χ4v) is 4.86. The molecule has 2 N–H and O–H groups in total. The number of amides is 2. The van der Waals surface area contributed by atoms with Crippen LogP contribution in [-0.2, 0) is 6.61 Å². The Morgan fingerprint density at radius 3 is 2.18 bits per heavy atom. The first kappa shape index (κ1) is 29.0. The summed E-state index contributed by atoms with van der Waals surface area (Å²) >= 11 is 0. The summed E-state index contributed by atoms with van der Waals surface area (Å²) in [7, 11) is 1.53. The van der Waals surface area contributed by atoms with Gasteiger partial charge in [0.15, 0.2) is 11.5 Å². The number of fused-ring (bicyclic) bond motifs is 1. The van der Waals surface area contributed by atoms with Crippen molar-refractivity contribution in [1.29, 1.82) is 0 Å². The lowest BCUT2D eigenvalue weighted by atomic mass is 10.1. The molecule has 0 atom stereocenters. The number of hydrogen-bond acceptors (Lipinski definition) is 7. The van der Waals surface area contributed by atoms with Crippen LogP contribution in [0.1, 0.15) is 43.7 Å². The molecule has 0 saturated carbocycles. The number of para-hydroxylation sites is 1. The van der Waals surface area contributed by atoms with E-state index in [4.69, 9.17) is 9.47 Å². The number of pyridine rings is 3. The predicted octanol–water partition coefficient (Wildman–Crippen LogP) is 6.38. The summed E-state index contributed by atoms with van der Waals surface area (Å²) in [5.41, 5.74) is 4.17. The Kier molecular flexibility index (Phi) is 8.68. The van der Waals surface area contributed by atoms with Gasteiger partial charge in [0, 0.05) is 29.7 Å². The van der Waals surface area contributed by atoms with Crippen molar-refractivity contribution in [1.82, 2.24) is 20.3 Å². The van der Waals surface area contributed by atoms with Crippen LogP contribution >= 0.6 is 0 Å². The topological polar surface area (TPSA) is 115 Å². The number of ether oxygens (including phenoxy) is 2. The van der Waals surface area contributed by atoms with E-state index in [2.05, 4.69) is 25.6 Å². The number of methoxy groups -OCH3 is 1. The minimum atomic E-state index is -0.536. The molecule has 0 fully saturated rings. The van der Waals surface area contributed by atoms with E-state index in [9.17, 15) is 9.59 Å². The quantitative estimate of drug-likeness (QED) is 0.189. The molecule has 0 aliphatic rings. The maximum Gasteiger partial charge on any atom is 0.259 e. The van der Waals surface area contributed by atoms with Gasteiger partial charge < -0.3 is 20.1 Å². The molecule has 6 rings (SSSR count). The Morgan fingerprint density at radius 1 is 0.756 bits per heavy atom. The van der Waals surface area contributed by atoms with Gasteiger partial charge in [0.1, 0.15) is 12.6 Å². The first-order valence-corrected chi connectivity index (χ1v) is 14.3. The number of anilines is 1. The van der Waals surface area contributed by atoms with E-state index in [1.54, 1.807) is 48.8 Å². The van der Waals surface area contributed by atoms with Crippen LogP contribution in [0.2, 0.25) is 0 Å². The standard InChI is InChI=1S/C36H29N5O4/c1-44-32-15-9-12-28(34(32)45-23-24-10-3-2-4-11-24)36(43)40-27-17-16-25-20-26(22-39-31(25)21-27)35(42)41-33(29-13-5-7-18-37-29)30-14-6-8-19-38-30/h2-22,33H,23H2,1H3,(H,40,43)(H,41,42). The van der Waals surface area contributed by atoms with E-state index in [0.29, 0.717) is 45.2 Å². The van der Waals surface area contributed by atoms with Crippen molar-refractivity contribution >= 4 is 28.4 Å². The molecule has 0 unspecified atom stereocenters. The highest BCUT2D eigenvalue weighted by atomic mass is 16.5. The molecule has 9 heteroatoms. The lowest BCUT2D eigenvalue weighted by molar-refractivity contribution is 0.0940. The van der Waals surface area contributed by atoms with Gasteiger partial charge >= 0.3 is 0 Å². The second kappa shape index (κ2) is 13.5. The lowest BCUT2D eigenvalue weighted by Gasteiger charge is -2.18. The molecule has 9 nitrogen and oxygen atoms in total. The third kappa shape index (κ3) is 6.78. The molecule has 2 amide bonds. The number of nitrogens with one attached hydrogen (secondary N) is 2. The molecule has 3 aromatic heterocycles. The van der Waals surface area contributed by atoms with Crippen LogP contribution in [0.5, 0.6) is 11.5 Å². The molecule has 45 heavy (non-hydrogen) atoms. The smallest absolute Gasteiger partial charge is 0.259 e. The number of hydrogen-bond donors (Lipinski definition) is 2. The molecule has 222 valence electrons. The number of benzene rings is 3. The summed E-state index contributed by atoms with van der Waals surface area (Å²) in [5, 5.41) is 6.71. The zero-order valence-electron chi connectivity index (χ0n) is 24.4. The van der Waals surface area contributed by atoms with E-state index in [1.165, 1.54) is 13.3 Å². The summed E-state index contributed by atoms with van der Waals surface area (Å²) in [6.45, 7) is 0.280. The molecular formula is C36H29N5O4. The van der Waals surface area contributed by atoms with Crippen molar-refractivity contribution in [3.05, 3.63) is 156 Å². The normalized spacial score (nSPS) is 10.8. The van der Waals surface area contributed by atoms with Crippen LogP contribution in [-0.4, -0.2) is 33.9 Å². The van der Waals surface area contributed by atoms with Gasteiger partial charge in [-0.15, -0.1) is 0 Å². The molecule has 0 aliphatic carbocycles. The summed E-state index contributed by atoms with van der Waals surface area (Å²) in [4.78, 5) is 40.1. The Bertz CT molecular complexity index is 1900. The highest BCUT2D eigenvalue weighted by molar-refractivity contribution is 6.07. The van der Waals surface area contributed by atoms with Gasteiger partial charge in [-0.3, -0.25) is 24.5 Å². The molecule has 0 radical (unpaired) electrons. The van der Waals surface area contributed by atoms with Crippen LogP contribution in [0.4, 0.5) is 5.69 Å². The van der Waals surface area contributed by atoms with Crippen LogP contribution in [0.25, 0.3) is 10.9 Å². The van der Waals surface area contributed by atoms with Gasteiger partial charge in [-0.2, -0.15) is 0 Å². The Labute approximate surface area is 259 Å². The third-order valence-corrected chi connectivity index (χ3v) is 7.12. The Hall–Kier alpha value is -6.09. The maximum atomic E-state index is 13.4. The molecule has 3 heterocycles. The van der Waals surface area contributed by atoms with E-state index in [-0.39, 0.29) is 18.4 Å². The summed E-state index contributed by atoms with van der Waals surface area (Å²) in [6, 6.07) is 32.5. The zero-order chi connectivity index (χ0) is 31.0. The van der Waals surface area contributed by atoms with E-state index < -0.39 is 6.04 Å². The van der Waals surface area contributed by atoms with Gasteiger partial charge in [0.2, 0.25) is 0 Å². The molecule has 0 spiro atoms. The Morgan fingerprint density at radius 2 is 1.49 bits per heavy atom. The number of carbonyl (C=O) groups excluding carboxylic acids is 2. The summed E-state index contributed by atoms with van der Waals surface area (Å²) < 4.78 is 11.5. The molecule has 0 bridgehead atoms. The SMILES string of the molecule is COc1cccc(C(=O)Nc2ccc3cc(C(=O)NC(c4ccccn4)c4ccccn4)cnc3c2)c1OCc1ccccc1. The van der Waals surface area contributed by atoms with Crippen molar-refractivity contribution < 1.29 is 19.1 Å². The van der Waals surface area contributed by atoms with E-state index in [0.717, 1.165) is 10.9 Å². The van der Waals surface area contributed by atoms with Crippen molar-refractivity contribution in [2.45, 2.75) is 12.6 Å². The predicted molar refractivity (Wildman–Crippen MR) is 171 cm³/mol. The van der Waals surface area contributed by atoms with Gasteiger partial charge in [-0.05, 0) is 60.2 Å². The first-order chi connectivity index (χ1) is 22.1. The number of nitrogens with zero attached hydrogens (tertiary/aromatic N) is 3. The van der Waals surface area contributed by atoms with Crippen molar-refractivity contribution in [3.8, 4) is 11.5 Å². The third-order valence-electron chi connectivity index (χ3n) is 7.12. The molecule has 0 saturated heterocycles. The first-order valence-electron chi connectivity index (χ1n) is 14.3. The van der Waals surface area contributed by atoms with Gasteiger partial charge in [-0.25, -0.2) is 0 Å². The highest BCUT2D eigenvalue weighted by Gasteiger charge is 2.21. The number of rotatable bonds is 10. The molecular weight excluding hydrogens is 566 g/mol. The highest BCUT2D eigenvalue weighted by Crippen LogP contribution is 2.33. The maximum absolute atomic E-state index is 13.4. The van der Waals surface area contributed by atoms with E-state index >= 15 is 0 Å². The van der Waals surface area contributed by atoms with Crippen molar-refractivity contribution in [2.75, 3.05) is 12.4 Å². The second-order valence-electron chi connectivity index (χ2n) is 10.1. The summed E-state index contributed by atoms with van der Waals surface area (Å²) in [5.74, 6) is 0.134. The van der Waals surface area contributed by atoms with Gasteiger partial charge in [0.25, 0.3) is 11.8 Å². The monoisotopic (exact) mass is 595 g/mol. The van der Waals surface area contributed by atoms with Crippen LogP contribution < -0.4 is 20.1 Å². The lowest BCUT2D eigenvalue weighted by Crippen LogP contribution is -2.30. The van der Waals surface area contributed by atoms with Crippen LogP contribution in [0.3, 0.4) is 0 Å². The summed E-state index contributed by atoms with van der Waals surface area (Å²) in [6.07, 6.45) is 4.87. The second-order valence-corrected chi connectivity index (χ2v) is 10.1. The van der Waals surface area contributed by atoms with Gasteiger partial charge in [-0.1, -0.05) is 54.6 Å². The fraction of sp³-hybridized carbons (Fsp3) is 0.0833. The minimum Gasteiger partial charge on any atom is -0.493 e. The average Bonchev–Trinajstić information content (AvgIpc) is 3.10. The number of aromatic nitrogens is 3. The van der Waals surface area contributed by atoms with Crippen LogP contribution in [0.15, 0.2) is 128 Å². The zero-order valence-corrected chi connectivity index (χ0v) is 24.4.